The number of carbonyl (C=O) groups is 3. The highest BCUT2D eigenvalue weighted by Gasteiger charge is 2.36. The van der Waals surface area contributed by atoms with Crippen molar-refractivity contribution in [3.8, 4) is 0 Å². The molecule has 1 unspecified atom stereocenters. The summed E-state index contributed by atoms with van der Waals surface area (Å²) in [6.07, 6.45) is 1.86. The summed E-state index contributed by atoms with van der Waals surface area (Å²) >= 11 is 0. The molecule has 0 N–H and O–H groups in total. The number of nitrogens with zero attached hydrogens (tertiary/aromatic N) is 2. The van der Waals surface area contributed by atoms with Crippen LogP contribution in [0.5, 0.6) is 0 Å². The molecule has 8 heteroatoms. The highest BCUT2D eigenvalue weighted by molar-refractivity contribution is 7.91. The minimum atomic E-state index is -3.16. The summed E-state index contributed by atoms with van der Waals surface area (Å²) in [7, 11) is -3.16. The van der Waals surface area contributed by atoms with Gasteiger partial charge in [0.2, 0.25) is 17.7 Å². The van der Waals surface area contributed by atoms with Crippen LogP contribution in [0.25, 0.3) is 0 Å². The molecule has 0 aromatic carbocycles. The predicted molar refractivity (Wildman–Crippen MR) is 65.8 cm³/mol. The van der Waals surface area contributed by atoms with E-state index in [0.29, 0.717) is 13.0 Å². The van der Waals surface area contributed by atoms with Crippen molar-refractivity contribution in [3.05, 3.63) is 0 Å². The Hall–Kier alpha value is -1.44. The van der Waals surface area contributed by atoms with E-state index in [2.05, 4.69) is 0 Å². The largest absolute Gasteiger partial charge is 0.340 e. The average molecular weight is 288 g/mol. The first-order valence-corrected chi connectivity index (χ1v) is 8.04. The first kappa shape index (κ1) is 14.0. The van der Waals surface area contributed by atoms with Crippen molar-refractivity contribution >= 4 is 27.6 Å². The molecule has 2 rings (SSSR count). The van der Waals surface area contributed by atoms with Crippen LogP contribution in [0.3, 0.4) is 0 Å². The van der Waals surface area contributed by atoms with Gasteiger partial charge >= 0.3 is 0 Å². The fourth-order valence-electron chi connectivity index (χ4n) is 2.34. The van der Waals surface area contributed by atoms with Crippen LogP contribution in [0, 0.1) is 0 Å². The summed E-state index contributed by atoms with van der Waals surface area (Å²) in [5.74, 6) is -1.04. The van der Waals surface area contributed by atoms with E-state index in [0.717, 1.165) is 11.2 Å². The molecule has 2 aliphatic rings. The zero-order chi connectivity index (χ0) is 14.2. The van der Waals surface area contributed by atoms with Crippen LogP contribution in [0.2, 0.25) is 0 Å². The van der Waals surface area contributed by atoms with Crippen molar-refractivity contribution in [1.82, 2.24) is 9.80 Å². The maximum Gasteiger partial charge on any atom is 0.242 e. The highest BCUT2D eigenvalue weighted by Crippen LogP contribution is 2.18. The standard InChI is InChI=1S/C11H16N2O5S/c1-19(17,18)8-4-5-12(6-8)11(16)7-13-9(14)2-3-10(13)15/h8H,2-7H2,1H3. The second-order valence-electron chi connectivity index (χ2n) is 4.95. The Morgan fingerprint density at radius 3 is 2.32 bits per heavy atom. The van der Waals surface area contributed by atoms with Gasteiger partial charge in [-0.25, -0.2) is 8.42 Å². The van der Waals surface area contributed by atoms with Crippen molar-refractivity contribution in [2.75, 3.05) is 25.9 Å². The summed E-state index contributed by atoms with van der Waals surface area (Å²) < 4.78 is 22.8. The van der Waals surface area contributed by atoms with Gasteiger partial charge < -0.3 is 4.90 Å². The zero-order valence-corrected chi connectivity index (χ0v) is 11.5. The third-order valence-electron chi connectivity index (χ3n) is 3.55. The Labute approximate surface area is 111 Å². The van der Waals surface area contributed by atoms with Crippen LogP contribution < -0.4 is 0 Å². The monoisotopic (exact) mass is 288 g/mol. The molecular weight excluding hydrogens is 272 g/mol. The van der Waals surface area contributed by atoms with Crippen LogP contribution in [0.15, 0.2) is 0 Å². The van der Waals surface area contributed by atoms with Crippen LogP contribution in [0.1, 0.15) is 19.3 Å². The quantitative estimate of drug-likeness (QED) is 0.607. The van der Waals surface area contributed by atoms with Gasteiger partial charge in [-0.15, -0.1) is 0 Å². The Balaban J connectivity index is 1.95. The van der Waals surface area contributed by atoms with E-state index < -0.39 is 15.1 Å². The topological polar surface area (TPSA) is 91.8 Å². The van der Waals surface area contributed by atoms with E-state index >= 15 is 0 Å². The van der Waals surface area contributed by atoms with Crippen molar-refractivity contribution in [2.45, 2.75) is 24.5 Å². The smallest absolute Gasteiger partial charge is 0.242 e. The Morgan fingerprint density at radius 2 is 1.84 bits per heavy atom. The molecule has 2 fully saturated rings. The van der Waals surface area contributed by atoms with E-state index in [4.69, 9.17) is 0 Å². The molecule has 0 saturated carbocycles. The van der Waals surface area contributed by atoms with Gasteiger partial charge in [0.05, 0.1) is 5.25 Å². The second kappa shape index (κ2) is 4.92. The molecule has 2 aliphatic heterocycles. The van der Waals surface area contributed by atoms with E-state index in [-0.39, 0.29) is 43.7 Å². The summed E-state index contributed by atoms with van der Waals surface area (Å²) in [5.41, 5.74) is 0. The number of hydrogen-bond acceptors (Lipinski definition) is 5. The second-order valence-corrected chi connectivity index (χ2v) is 7.28. The number of hydrogen-bond donors (Lipinski definition) is 0. The van der Waals surface area contributed by atoms with Crippen LogP contribution in [-0.2, 0) is 24.2 Å². The van der Waals surface area contributed by atoms with Gasteiger partial charge in [-0.1, -0.05) is 0 Å². The Kier molecular flexibility index (Phi) is 3.62. The Bertz CT molecular complexity index is 511. The van der Waals surface area contributed by atoms with Gasteiger partial charge in [0.15, 0.2) is 9.84 Å². The molecule has 0 aromatic heterocycles. The van der Waals surface area contributed by atoms with Crippen LogP contribution in [-0.4, -0.2) is 67.1 Å². The lowest BCUT2D eigenvalue weighted by molar-refractivity contribution is -0.145. The van der Waals surface area contributed by atoms with E-state index in [1.807, 2.05) is 0 Å². The highest BCUT2D eigenvalue weighted by atomic mass is 32.2. The van der Waals surface area contributed by atoms with E-state index in [1.165, 1.54) is 4.90 Å². The number of amides is 3. The van der Waals surface area contributed by atoms with Crippen LogP contribution in [0.4, 0.5) is 0 Å². The number of rotatable bonds is 3. The maximum absolute atomic E-state index is 11.9. The number of carbonyl (C=O) groups excluding carboxylic acids is 3. The molecule has 0 bridgehead atoms. The first-order valence-electron chi connectivity index (χ1n) is 6.09. The summed E-state index contributed by atoms with van der Waals surface area (Å²) in [6, 6.07) is 0. The molecule has 7 nitrogen and oxygen atoms in total. The normalized spacial score (nSPS) is 24.4. The average Bonchev–Trinajstić information content (AvgIpc) is 2.90. The van der Waals surface area contributed by atoms with Gasteiger partial charge in [0.1, 0.15) is 6.54 Å². The summed E-state index contributed by atoms with van der Waals surface area (Å²) in [4.78, 5) is 37.1. The lowest BCUT2D eigenvalue weighted by Crippen LogP contribution is -2.42. The van der Waals surface area contributed by atoms with Crippen molar-refractivity contribution in [1.29, 1.82) is 0 Å². The molecule has 2 saturated heterocycles. The molecule has 2 heterocycles. The van der Waals surface area contributed by atoms with Gasteiger partial charge in [-0.3, -0.25) is 19.3 Å². The third kappa shape index (κ3) is 2.94. The lowest BCUT2D eigenvalue weighted by atomic mass is 10.4. The minimum Gasteiger partial charge on any atom is -0.340 e. The molecule has 3 amide bonds. The number of likely N-dealkylation sites (tertiary alicyclic amines) is 2. The molecule has 0 aliphatic carbocycles. The first-order chi connectivity index (χ1) is 8.79. The SMILES string of the molecule is CS(=O)(=O)C1CCN(C(=O)CN2C(=O)CCC2=O)C1. The minimum absolute atomic E-state index is 0.147. The molecule has 0 aromatic rings. The molecule has 106 valence electrons. The lowest BCUT2D eigenvalue weighted by Gasteiger charge is -2.20. The van der Waals surface area contributed by atoms with E-state index in [1.54, 1.807) is 0 Å². The molecule has 0 radical (unpaired) electrons. The predicted octanol–water partition coefficient (Wildman–Crippen LogP) is -1.22. The fraction of sp³-hybridized carbons (Fsp3) is 0.727. The van der Waals surface area contributed by atoms with Gasteiger partial charge in [0, 0.05) is 32.2 Å². The van der Waals surface area contributed by atoms with Gasteiger partial charge in [-0.2, -0.15) is 0 Å². The van der Waals surface area contributed by atoms with Crippen molar-refractivity contribution in [3.63, 3.8) is 0 Å². The Morgan fingerprint density at radius 1 is 1.26 bits per heavy atom. The molecule has 0 spiro atoms. The summed E-state index contributed by atoms with van der Waals surface area (Å²) in [5, 5.41) is -0.540. The maximum atomic E-state index is 11.9. The van der Waals surface area contributed by atoms with Crippen LogP contribution >= 0.6 is 0 Å². The summed E-state index contributed by atoms with van der Waals surface area (Å²) in [6.45, 7) is 0.231. The third-order valence-corrected chi connectivity index (χ3v) is 5.15. The number of imide groups is 1. The van der Waals surface area contributed by atoms with Gasteiger partial charge in [0.25, 0.3) is 0 Å². The fourth-order valence-corrected chi connectivity index (χ4v) is 3.32. The van der Waals surface area contributed by atoms with Crippen molar-refractivity contribution < 1.29 is 22.8 Å². The zero-order valence-electron chi connectivity index (χ0n) is 10.7. The van der Waals surface area contributed by atoms with E-state index in [9.17, 15) is 22.8 Å². The molecular formula is C11H16N2O5S. The number of sulfone groups is 1. The van der Waals surface area contributed by atoms with Gasteiger partial charge in [-0.05, 0) is 6.42 Å². The molecule has 1 atom stereocenters. The van der Waals surface area contributed by atoms with Crippen molar-refractivity contribution in [2.24, 2.45) is 0 Å². The molecule has 19 heavy (non-hydrogen) atoms.